The van der Waals surface area contributed by atoms with Crippen molar-refractivity contribution in [3.05, 3.63) is 59.4 Å². The Balaban J connectivity index is 1.73. The number of rotatable bonds is 9. The molecule has 1 heterocycles. The van der Waals surface area contributed by atoms with Crippen LogP contribution in [-0.2, 0) is 6.42 Å². The first-order valence-corrected chi connectivity index (χ1v) is 10.4. The minimum Gasteiger partial charge on any atom is -0.497 e. The third kappa shape index (κ3) is 5.70. The van der Waals surface area contributed by atoms with Crippen LogP contribution in [0.3, 0.4) is 0 Å². The van der Waals surface area contributed by atoms with Crippen LogP contribution < -0.4 is 19.5 Å². The average Bonchev–Trinajstić information content (AvgIpc) is 3.18. The van der Waals surface area contributed by atoms with Crippen LogP contribution in [0.4, 0.5) is 0 Å². The smallest absolute Gasteiger partial charge is 0.298 e. The van der Waals surface area contributed by atoms with E-state index in [9.17, 15) is 4.79 Å². The zero-order valence-corrected chi connectivity index (χ0v) is 18.3. The van der Waals surface area contributed by atoms with Crippen molar-refractivity contribution in [2.24, 2.45) is 5.92 Å². The summed E-state index contributed by atoms with van der Waals surface area (Å²) in [5.41, 5.74) is 1.53. The molecule has 0 aliphatic rings. The van der Waals surface area contributed by atoms with Crippen LogP contribution in [0, 0.1) is 5.92 Å². The minimum atomic E-state index is -0.160. The summed E-state index contributed by atoms with van der Waals surface area (Å²) in [5, 5.41) is 3.28. The van der Waals surface area contributed by atoms with Crippen molar-refractivity contribution in [1.82, 2.24) is 14.7 Å². The summed E-state index contributed by atoms with van der Waals surface area (Å²) in [7, 11) is 3.19. The molecule has 0 bridgehead atoms. The van der Waals surface area contributed by atoms with Gasteiger partial charge in [0.15, 0.2) is 17.3 Å². The lowest BCUT2D eigenvalue weighted by atomic mass is 10.1. The zero-order chi connectivity index (χ0) is 21.5. The molecule has 0 saturated carbocycles. The van der Waals surface area contributed by atoms with Gasteiger partial charge in [0.2, 0.25) is 0 Å². The summed E-state index contributed by atoms with van der Waals surface area (Å²) in [6.45, 7) is 4.69. The number of amides is 1. The van der Waals surface area contributed by atoms with Gasteiger partial charge in [-0.05, 0) is 41.8 Å². The third-order valence-electron chi connectivity index (χ3n) is 4.24. The van der Waals surface area contributed by atoms with E-state index in [-0.39, 0.29) is 5.91 Å². The molecule has 0 unspecified atom stereocenters. The average molecular weight is 428 g/mol. The lowest BCUT2D eigenvalue weighted by Gasteiger charge is -2.11. The molecule has 3 aromatic rings. The molecular weight excluding hydrogens is 402 g/mol. The van der Waals surface area contributed by atoms with E-state index in [0.717, 1.165) is 22.8 Å². The van der Waals surface area contributed by atoms with E-state index in [0.29, 0.717) is 47.0 Å². The Kier molecular flexibility index (Phi) is 7.24. The maximum Gasteiger partial charge on any atom is 0.298 e. The van der Waals surface area contributed by atoms with E-state index in [1.165, 1.54) is 0 Å². The SMILES string of the molecule is COc1cccc(Cc2nsc(Oc3cc(C(=O)NCC(C)C)ccc3OC)n2)c1. The number of hydrogen-bond acceptors (Lipinski definition) is 7. The van der Waals surface area contributed by atoms with Crippen LogP contribution in [-0.4, -0.2) is 36.0 Å². The molecule has 0 atom stereocenters. The van der Waals surface area contributed by atoms with E-state index in [1.54, 1.807) is 32.4 Å². The highest BCUT2D eigenvalue weighted by Gasteiger charge is 2.15. The molecule has 7 nitrogen and oxygen atoms in total. The predicted molar refractivity (Wildman–Crippen MR) is 116 cm³/mol. The van der Waals surface area contributed by atoms with Crippen LogP contribution >= 0.6 is 11.5 Å². The zero-order valence-electron chi connectivity index (χ0n) is 17.5. The number of aromatic nitrogens is 2. The Morgan fingerprint density at radius 1 is 1.10 bits per heavy atom. The summed E-state index contributed by atoms with van der Waals surface area (Å²) < 4.78 is 20.9. The Bertz CT molecular complexity index is 1000. The first-order chi connectivity index (χ1) is 14.5. The summed E-state index contributed by atoms with van der Waals surface area (Å²) in [6.07, 6.45) is 0.561. The van der Waals surface area contributed by atoms with Gasteiger partial charge in [0, 0.05) is 30.1 Å². The van der Waals surface area contributed by atoms with E-state index >= 15 is 0 Å². The second-order valence-corrected chi connectivity index (χ2v) is 7.79. The summed E-state index contributed by atoms with van der Waals surface area (Å²) in [6, 6.07) is 12.8. The summed E-state index contributed by atoms with van der Waals surface area (Å²) >= 11 is 1.15. The Labute approximate surface area is 180 Å². The first kappa shape index (κ1) is 21.6. The van der Waals surface area contributed by atoms with Crippen LogP contribution in [0.5, 0.6) is 22.4 Å². The van der Waals surface area contributed by atoms with Gasteiger partial charge in [-0.25, -0.2) is 0 Å². The second-order valence-electron chi connectivity index (χ2n) is 7.08. The predicted octanol–water partition coefficient (Wildman–Crippen LogP) is 4.32. The number of benzene rings is 2. The van der Waals surface area contributed by atoms with E-state index in [4.69, 9.17) is 14.2 Å². The number of carbonyl (C=O) groups is 1. The molecular formula is C22H25N3O4S. The molecule has 0 saturated heterocycles. The van der Waals surface area contributed by atoms with Crippen LogP contribution in [0.1, 0.15) is 35.6 Å². The van der Waals surface area contributed by atoms with Gasteiger partial charge in [-0.1, -0.05) is 26.0 Å². The van der Waals surface area contributed by atoms with Gasteiger partial charge in [0.05, 0.1) is 14.2 Å². The standard InChI is InChI=1S/C22H25N3O4S/c1-14(2)13-23-21(26)16-8-9-18(28-4)19(12-16)29-22-24-20(25-30-22)11-15-6-5-7-17(10-15)27-3/h5-10,12,14H,11,13H2,1-4H3,(H,23,26). The van der Waals surface area contributed by atoms with E-state index in [1.807, 2.05) is 38.1 Å². The number of nitrogens with zero attached hydrogens (tertiary/aromatic N) is 2. The highest BCUT2D eigenvalue weighted by Crippen LogP contribution is 2.33. The van der Waals surface area contributed by atoms with Crippen molar-refractivity contribution in [2.45, 2.75) is 20.3 Å². The van der Waals surface area contributed by atoms with Gasteiger partial charge in [-0.3, -0.25) is 4.79 Å². The van der Waals surface area contributed by atoms with Gasteiger partial charge >= 0.3 is 0 Å². The largest absolute Gasteiger partial charge is 0.497 e. The summed E-state index contributed by atoms with van der Waals surface area (Å²) in [4.78, 5) is 16.8. The molecule has 1 amide bonds. The fourth-order valence-corrected chi connectivity index (χ4v) is 3.27. The number of ether oxygens (including phenoxy) is 3. The van der Waals surface area contributed by atoms with Crippen LogP contribution in [0.15, 0.2) is 42.5 Å². The number of methoxy groups -OCH3 is 2. The van der Waals surface area contributed by atoms with Gasteiger partial charge in [0.25, 0.3) is 11.1 Å². The molecule has 158 valence electrons. The molecule has 0 radical (unpaired) electrons. The van der Waals surface area contributed by atoms with Gasteiger partial charge in [-0.15, -0.1) is 0 Å². The molecule has 0 aliphatic carbocycles. The Morgan fingerprint density at radius 2 is 1.93 bits per heavy atom. The molecule has 2 aromatic carbocycles. The normalized spacial score (nSPS) is 10.7. The Hall–Kier alpha value is -3.13. The minimum absolute atomic E-state index is 0.160. The van der Waals surface area contributed by atoms with Crippen molar-refractivity contribution in [2.75, 3.05) is 20.8 Å². The van der Waals surface area contributed by atoms with Crippen molar-refractivity contribution in [3.63, 3.8) is 0 Å². The monoisotopic (exact) mass is 427 g/mol. The van der Waals surface area contributed by atoms with Crippen LogP contribution in [0.25, 0.3) is 0 Å². The molecule has 8 heteroatoms. The molecule has 0 fully saturated rings. The number of nitrogens with one attached hydrogen (secondary N) is 1. The first-order valence-electron chi connectivity index (χ1n) is 9.58. The molecule has 0 aliphatic heterocycles. The number of hydrogen-bond donors (Lipinski definition) is 1. The number of carbonyl (C=O) groups excluding carboxylic acids is 1. The Morgan fingerprint density at radius 3 is 2.67 bits per heavy atom. The maximum absolute atomic E-state index is 12.4. The maximum atomic E-state index is 12.4. The molecule has 1 aromatic heterocycles. The lowest BCUT2D eigenvalue weighted by molar-refractivity contribution is 0.0948. The molecule has 0 spiro atoms. The van der Waals surface area contributed by atoms with Crippen LogP contribution in [0.2, 0.25) is 0 Å². The van der Waals surface area contributed by atoms with Gasteiger partial charge in [-0.2, -0.15) is 9.36 Å². The fourth-order valence-electron chi connectivity index (χ4n) is 2.71. The quantitative estimate of drug-likeness (QED) is 0.547. The van der Waals surface area contributed by atoms with E-state index < -0.39 is 0 Å². The second kappa shape index (κ2) is 10.1. The van der Waals surface area contributed by atoms with Gasteiger partial charge < -0.3 is 19.5 Å². The van der Waals surface area contributed by atoms with Crippen molar-refractivity contribution >= 4 is 17.4 Å². The summed E-state index contributed by atoms with van der Waals surface area (Å²) in [5.74, 6) is 2.57. The molecule has 3 rings (SSSR count). The molecule has 1 N–H and O–H groups in total. The highest BCUT2D eigenvalue weighted by molar-refractivity contribution is 7.07. The lowest BCUT2D eigenvalue weighted by Crippen LogP contribution is -2.27. The van der Waals surface area contributed by atoms with Crippen molar-refractivity contribution < 1.29 is 19.0 Å². The van der Waals surface area contributed by atoms with E-state index in [2.05, 4.69) is 14.7 Å². The topological polar surface area (TPSA) is 82.6 Å². The highest BCUT2D eigenvalue weighted by atomic mass is 32.1. The van der Waals surface area contributed by atoms with Gasteiger partial charge in [0.1, 0.15) is 5.75 Å². The van der Waals surface area contributed by atoms with Crippen molar-refractivity contribution in [1.29, 1.82) is 0 Å². The van der Waals surface area contributed by atoms with Crippen molar-refractivity contribution in [3.8, 4) is 22.4 Å². The third-order valence-corrected chi connectivity index (χ3v) is 4.87. The molecule has 30 heavy (non-hydrogen) atoms. The fraction of sp³-hybridized carbons (Fsp3) is 0.318.